The zero-order chi connectivity index (χ0) is 32.0. The lowest BCUT2D eigenvalue weighted by Gasteiger charge is -2.38. The molecular formula is C31H35FN6O7. The number of carbonyl (C=O) groups excluding carboxylic acids is 3. The third-order valence-electron chi connectivity index (χ3n) is 9.23. The second-order valence-electron chi connectivity index (χ2n) is 12.2. The molecule has 238 valence electrons. The van der Waals surface area contributed by atoms with Crippen LogP contribution in [0.2, 0.25) is 0 Å². The Labute approximate surface area is 257 Å². The highest BCUT2D eigenvalue weighted by atomic mass is 19.1. The van der Waals surface area contributed by atoms with E-state index in [1.54, 1.807) is 19.9 Å². The number of rotatable bonds is 7. The van der Waals surface area contributed by atoms with Crippen molar-refractivity contribution in [3.8, 4) is 5.75 Å². The number of carbonyl (C=O) groups is 3. The Hall–Kier alpha value is -4.59. The van der Waals surface area contributed by atoms with Gasteiger partial charge in [-0.25, -0.2) is 9.37 Å². The van der Waals surface area contributed by atoms with Gasteiger partial charge in [0.2, 0.25) is 11.7 Å². The Morgan fingerprint density at radius 2 is 1.93 bits per heavy atom. The Kier molecular flexibility index (Phi) is 7.93. The number of hydrogen-bond donors (Lipinski definition) is 3. The molecule has 3 amide bonds. The van der Waals surface area contributed by atoms with E-state index >= 15 is 0 Å². The normalized spacial score (nSPS) is 23.8. The van der Waals surface area contributed by atoms with Gasteiger partial charge >= 0.3 is 0 Å². The molecule has 1 saturated carbocycles. The highest BCUT2D eigenvalue weighted by molar-refractivity contribution is 5.97. The summed E-state index contributed by atoms with van der Waals surface area (Å²) in [5, 5.41) is 20.4. The van der Waals surface area contributed by atoms with Gasteiger partial charge in [0.05, 0.1) is 11.6 Å². The number of aromatic hydroxyl groups is 1. The molecule has 4 aliphatic rings. The smallest absolute Gasteiger partial charge is 0.296 e. The molecule has 0 spiro atoms. The molecule has 1 aliphatic carbocycles. The van der Waals surface area contributed by atoms with E-state index in [1.165, 1.54) is 34.8 Å². The van der Waals surface area contributed by atoms with Crippen molar-refractivity contribution in [3.05, 3.63) is 74.5 Å². The molecule has 2 bridgehead atoms. The molecule has 2 fully saturated rings. The summed E-state index contributed by atoms with van der Waals surface area (Å²) >= 11 is 0. The van der Waals surface area contributed by atoms with Gasteiger partial charge in [-0.1, -0.05) is 17.3 Å². The standard InChI is InChI=1S/C31H35FN6O7/c1-16-10-19(4-5-21(16)32)13-33-27(41)24-25(39)29(43)38-14-18-6-8-31(9-7-18,30(38)34-24)35-26(40)23-12-20(44-3)15-37(23)28(42)22-11-17(2)45-36-22/h4-5,10-11,18,20,23,39H,6-9,12-15H2,1-3H3,(H,33,41)(H,35,40)/t18?,20-,23-,31?/m0/s1. The van der Waals surface area contributed by atoms with Crippen molar-refractivity contribution in [1.29, 1.82) is 0 Å². The first kappa shape index (κ1) is 30.4. The minimum Gasteiger partial charge on any atom is -0.501 e. The van der Waals surface area contributed by atoms with Crippen LogP contribution in [0.25, 0.3) is 0 Å². The van der Waals surface area contributed by atoms with E-state index in [0.717, 1.165) is 0 Å². The third kappa shape index (κ3) is 5.58. The van der Waals surface area contributed by atoms with E-state index in [0.29, 0.717) is 42.6 Å². The Bertz CT molecular complexity index is 1730. The quantitative estimate of drug-likeness (QED) is 0.357. The van der Waals surface area contributed by atoms with Crippen LogP contribution in [0.15, 0.2) is 33.6 Å². The maximum atomic E-state index is 14.0. The molecule has 1 aromatic carbocycles. The van der Waals surface area contributed by atoms with Crippen LogP contribution in [0.4, 0.5) is 4.39 Å². The van der Waals surface area contributed by atoms with Gasteiger partial charge < -0.3 is 29.9 Å². The van der Waals surface area contributed by atoms with Crippen molar-refractivity contribution in [2.75, 3.05) is 13.7 Å². The van der Waals surface area contributed by atoms with Crippen molar-refractivity contribution in [2.24, 2.45) is 5.92 Å². The number of hydrogen-bond acceptors (Lipinski definition) is 9. The number of methoxy groups -OCH3 is 1. The number of fused-ring (bicyclic) bond motifs is 2. The fourth-order valence-electron chi connectivity index (χ4n) is 6.71. The van der Waals surface area contributed by atoms with Crippen molar-refractivity contribution in [3.63, 3.8) is 0 Å². The maximum Gasteiger partial charge on any atom is 0.296 e. The molecule has 2 atom stereocenters. The number of aromatic nitrogens is 3. The number of likely N-dealkylation sites (tertiary alicyclic amines) is 1. The van der Waals surface area contributed by atoms with E-state index in [4.69, 9.17) is 9.26 Å². The van der Waals surface area contributed by atoms with E-state index in [1.807, 2.05) is 0 Å². The number of nitrogens with zero attached hydrogens (tertiary/aromatic N) is 4. The lowest BCUT2D eigenvalue weighted by atomic mass is 9.77. The molecule has 3 aromatic rings. The summed E-state index contributed by atoms with van der Waals surface area (Å²) in [6, 6.07) is 5.03. The van der Waals surface area contributed by atoms with Gasteiger partial charge in [0.15, 0.2) is 11.4 Å². The predicted octanol–water partition coefficient (Wildman–Crippen LogP) is 2.07. The van der Waals surface area contributed by atoms with Gasteiger partial charge in [0, 0.05) is 39.2 Å². The molecule has 13 nitrogen and oxygen atoms in total. The topological polar surface area (TPSA) is 169 Å². The van der Waals surface area contributed by atoms with Crippen LogP contribution in [0.3, 0.4) is 0 Å². The summed E-state index contributed by atoms with van der Waals surface area (Å²) in [7, 11) is 1.52. The molecule has 45 heavy (non-hydrogen) atoms. The zero-order valence-electron chi connectivity index (χ0n) is 25.3. The molecule has 3 N–H and O–H groups in total. The Balaban J connectivity index is 1.31. The molecule has 1 saturated heterocycles. The van der Waals surface area contributed by atoms with Crippen LogP contribution >= 0.6 is 0 Å². The second kappa shape index (κ2) is 11.7. The Morgan fingerprint density at radius 1 is 1.18 bits per heavy atom. The predicted molar refractivity (Wildman–Crippen MR) is 156 cm³/mol. The van der Waals surface area contributed by atoms with Crippen LogP contribution in [0.5, 0.6) is 5.75 Å². The molecule has 5 heterocycles. The van der Waals surface area contributed by atoms with E-state index in [9.17, 15) is 28.7 Å². The average Bonchev–Trinajstić information content (AvgIpc) is 3.60. The molecule has 0 unspecified atom stereocenters. The molecule has 2 aromatic heterocycles. The van der Waals surface area contributed by atoms with E-state index in [-0.39, 0.29) is 55.4 Å². The van der Waals surface area contributed by atoms with E-state index < -0.39 is 46.3 Å². The summed E-state index contributed by atoms with van der Waals surface area (Å²) in [6.07, 6.45) is 2.13. The van der Waals surface area contributed by atoms with Gasteiger partial charge in [0.25, 0.3) is 17.4 Å². The molecule has 0 radical (unpaired) electrons. The minimum atomic E-state index is -1.12. The van der Waals surface area contributed by atoms with Crippen LogP contribution in [0.1, 0.15) is 75.8 Å². The van der Waals surface area contributed by atoms with Crippen molar-refractivity contribution in [1.82, 2.24) is 30.2 Å². The first-order chi connectivity index (χ1) is 21.5. The van der Waals surface area contributed by atoms with Gasteiger partial charge in [-0.05, 0) is 62.6 Å². The number of amides is 3. The third-order valence-corrected chi connectivity index (χ3v) is 9.23. The molecular weight excluding hydrogens is 587 g/mol. The summed E-state index contributed by atoms with van der Waals surface area (Å²) < 4.78 is 25.6. The van der Waals surface area contributed by atoms with Crippen LogP contribution in [0, 0.1) is 25.6 Å². The fraction of sp³-hybridized carbons (Fsp3) is 0.484. The number of halogens is 1. The minimum absolute atomic E-state index is 0.0146. The summed E-state index contributed by atoms with van der Waals surface area (Å²) in [5.41, 5.74) is -1.23. The monoisotopic (exact) mass is 622 g/mol. The van der Waals surface area contributed by atoms with Crippen molar-refractivity contribution >= 4 is 17.7 Å². The van der Waals surface area contributed by atoms with Crippen molar-refractivity contribution < 1.29 is 33.1 Å². The summed E-state index contributed by atoms with van der Waals surface area (Å²) in [4.78, 5) is 60.1. The molecule has 7 rings (SSSR count). The molecule has 14 heteroatoms. The number of ether oxygens (including phenoxy) is 1. The zero-order valence-corrected chi connectivity index (χ0v) is 25.3. The highest BCUT2D eigenvalue weighted by Gasteiger charge is 2.49. The first-order valence-corrected chi connectivity index (χ1v) is 15.0. The lowest BCUT2D eigenvalue weighted by Crippen LogP contribution is -2.55. The Morgan fingerprint density at radius 3 is 2.60 bits per heavy atom. The number of benzene rings is 1. The SMILES string of the molecule is CO[C@H]1C[C@@H](C(=O)NC23CCC(CC2)Cn2c3nc(C(=O)NCc3ccc(F)c(C)c3)c(O)c2=O)N(C(=O)c2cc(C)on2)C1. The van der Waals surface area contributed by atoms with E-state index in [2.05, 4.69) is 20.8 Å². The maximum absolute atomic E-state index is 14.0. The first-order valence-electron chi connectivity index (χ1n) is 15.0. The summed E-state index contributed by atoms with van der Waals surface area (Å²) in [5.74, 6) is -2.09. The van der Waals surface area contributed by atoms with Gasteiger partial charge in [-0.2, -0.15) is 0 Å². The highest BCUT2D eigenvalue weighted by Crippen LogP contribution is 2.43. The second-order valence-corrected chi connectivity index (χ2v) is 12.2. The fourth-order valence-corrected chi connectivity index (χ4v) is 6.71. The number of aryl methyl sites for hydroxylation is 2. The van der Waals surface area contributed by atoms with Gasteiger partial charge in [-0.3, -0.25) is 23.7 Å². The van der Waals surface area contributed by atoms with Crippen LogP contribution in [-0.2, 0) is 28.2 Å². The lowest BCUT2D eigenvalue weighted by molar-refractivity contribution is -0.127. The average molecular weight is 623 g/mol. The van der Waals surface area contributed by atoms with Gasteiger partial charge in [-0.15, -0.1) is 0 Å². The molecule has 3 aliphatic heterocycles. The summed E-state index contributed by atoms with van der Waals surface area (Å²) in [6.45, 7) is 3.75. The van der Waals surface area contributed by atoms with Crippen LogP contribution < -0.4 is 16.2 Å². The van der Waals surface area contributed by atoms with Crippen molar-refractivity contribution in [2.45, 2.75) is 76.7 Å². The number of nitrogens with one attached hydrogen (secondary N) is 2. The van der Waals surface area contributed by atoms with Crippen LogP contribution in [-0.4, -0.2) is 68.2 Å². The largest absolute Gasteiger partial charge is 0.501 e. The van der Waals surface area contributed by atoms with Gasteiger partial charge in [0.1, 0.15) is 23.4 Å².